The van der Waals surface area contributed by atoms with Crippen LogP contribution in [0, 0.1) is 5.92 Å². The predicted octanol–water partition coefficient (Wildman–Crippen LogP) is 0.848. The van der Waals surface area contributed by atoms with E-state index >= 15 is 0 Å². The summed E-state index contributed by atoms with van der Waals surface area (Å²) in [5.41, 5.74) is 1.52. The number of nitrogens with zero attached hydrogens (tertiary/aromatic N) is 4. The number of hydrogen-bond acceptors (Lipinski definition) is 5. The van der Waals surface area contributed by atoms with Gasteiger partial charge in [-0.1, -0.05) is 0 Å². The van der Waals surface area contributed by atoms with Gasteiger partial charge in [0.25, 0.3) is 0 Å². The first kappa shape index (κ1) is 12.6. The van der Waals surface area contributed by atoms with Crippen LogP contribution in [0.1, 0.15) is 25.7 Å². The average Bonchev–Trinajstić information content (AvgIpc) is 3.20. The van der Waals surface area contributed by atoms with Crippen LogP contribution in [0.4, 0.5) is 5.82 Å². The normalized spacial score (nSPS) is 22.5. The van der Waals surface area contributed by atoms with Gasteiger partial charge in [0.15, 0.2) is 11.5 Å². The molecule has 3 heterocycles. The molecule has 1 atom stereocenters. The molecule has 2 aromatic heterocycles. The number of aromatic nitrogens is 4. The van der Waals surface area contributed by atoms with Crippen LogP contribution < -0.4 is 10.2 Å². The first-order valence-electron chi connectivity index (χ1n) is 7.50. The Morgan fingerprint density at radius 2 is 2.19 bits per heavy atom. The highest BCUT2D eigenvalue weighted by molar-refractivity contribution is 5.84. The number of anilines is 1. The van der Waals surface area contributed by atoms with Crippen molar-refractivity contribution in [2.45, 2.75) is 31.7 Å². The molecule has 0 unspecified atom stereocenters. The van der Waals surface area contributed by atoms with Gasteiger partial charge in [0.05, 0.1) is 12.2 Å². The molecule has 0 spiro atoms. The van der Waals surface area contributed by atoms with E-state index in [1.165, 1.54) is 6.33 Å². The lowest BCUT2D eigenvalue weighted by Crippen LogP contribution is -2.44. The summed E-state index contributed by atoms with van der Waals surface area (Å²) >= 11 is 0. The van der Waals surface area contributed by atoms with Crippen molar-refractivity contribution in [3.05, 3.63) is 12.7 Å². The van der Waals surface area contributed by atoms with Crippen molar-refractivity contribution in [1.82, 2.24) is 25.3 Å². The van der Waals surface area contributed by atoms with Gasteiger partial charge < -0.3 is 15.2 Å². The molecule has 2 fully saturated rings. The number of imidazole rings is 1. The molecule has 0 radical (unpaired) electrons. The maximum atomic E-state index is 12.2. The van der Waals surface area contributed by atoms with E-state index in [0.29, 0.717) is 18.2 Å². The van der Waals surface area contributed by atoms with Gasteiger partial charge in [-0.3, -0.25) is 4.79 Å². The van der Waals surface area contributed by atoms with Gasteiger partial charge in [-0.25, -0.2) is 15.0 Å². The molecule has 1 saturated heterocycles. The predicted molar refractivity (Wildman–Crippen MR) is 77.8 cm³/mol. The highest BCUT2D eigenvalue weighted by Crippen LogP contribution is 2.27. The quantitative estimate of drug-likeness (QED) is 0.873. The standard InChI is InChI=1S/C14H18N6O/c21-14(19-10-3-4-10)9-2-1-5-20(6-9)13-11-12(16-7-15-11)17-8-18-13/h7-10H,1-6H2,(H,19,21)(H,15,16,17,18)/t9-/m1/s1. The van der Waals surface area contributed by atoms with Crippen molar-refractivity contribution < 1.29 is 4.79 Å². The molecular formula is C14H18N6O. The number of rotatable bonds is 3. The molecular weight excluding hydrogens is 268 g/mol. The summed E-state index contributed by atoms with van der Waals surface area (Å²) in [6.07, 6.45) is 7.37. The van der Waals surface area contributed by atoms with Gasteiger partial charge >= 0.3 is 0 Å². The average molecular weight is 286 g/mol. The van der Waals surface area contributed by atoms with Crippen molar-refractivity contribution in [3.63, 3.8) is 0 Å². The molecule has 2 aliphatic rings. The molecule has 7 heteroatoms. The van der Waals surface area contributed by atoms with Crippen LogP contribution in [0.3, 0.4) is 0 Å². The minimum atomic E-state index is 0.0484. The number of aromatic amines is 1. The Morgan fingerprint density at radius 3 is 3.05 bits per heavy atom. The topological polar surface area (TPSA) is 86.8 Å². The number of amides is 1. The van der Waals surface area contributed by atoms with E-state index < -0.39 is 0 Å². The second kappa shape index (κ2) is 4.98. The first-order chi connectivity index (χ1) is 10.3. The van der Waals surface area contributed by atoms with E-state index in [-0.39, 0.29) is 11.8 Å². The minimum Gasteiger partial charge on any atom is -0.354 e. The fraction of sp³-hybridized carbons (Fsp3) is 0.571. The van der Waals surface area contributed by atoms with Crippen LogP contribution in [0.5, 0.6) is 0 Å². The van der Waals surface area contributed by atoms with Gasteiger partial charge in [0.1, 0.15) is 11.8 Å². The lowest BCUT2D eigenvalue weighted by molar-refractivity contribution is -0.125. The van der Waals surface area contributed by atoms with Crippen molar-refractivity contribution in [3.8, 4) is 0 Å². The molecule has 1 aliphatic heterocycles. The van der Waals surface area contributed by atoms with Crippen LogP contribution in [0.2, 0.25) is 0 Å². The van der Waals surface area contributed by atoms with E-state index in [1.807, 2.05) is 0 Å². The summed E-state index contributed by atoms with van der Waals surface area (Å²) in [5.74, 6) is 1.09. The number of piperidine rings is 1. The molecule has 2 N–H and O–H groups in total. The molecule has 1 saturated carbocycles. The van der Waals surface area contributed by atoms with E-state index in [0.717, 1.165) is 43.6 Å². The largest absolute Gasteiger partial charge is 0.354 e. The van der Waals surface area contributed by atoms with Gasteiger partial charge in [-0.15, -0.1) is 0 Å². The van der Waals surface area contributed by atoms with Gasteiger partial charge in [0.2, 0.25) is 5.91 Å². The molecule has 110 valence electrons. The maximum Gasteiger partial charge on any atom is 0.225 e. The number of carbonyl (C=O) groups excluding carboxylic acids is 1. The summed E-state index contributed by atoms with van der Waals surface area (Å²) < 4.78 is 0. The number of hydrogen-bond donors (Lipinski definition) is 2. The zero-order valence-electron chi connectivity index (χ0n) is 11.7. The third-order valence-corrected chi connectivity index (χ3v) is 4.22. The summed E-state index contributed by atoms with van der Waals surface area (Å²) in [7, 11) is 0. The maximum absolute atomic E-state index is 12.2. The van der Waals surface area contributed by atoms with Crippen LogP contribution in [-0.2, 0) is 4.79 Å². The second-order valence-corrected chi connectivity index (χ2v) is 5.87. The highest BCUT2D eigenvalue weighted by Gasteiger charge is 2.31. The minimum absolute atomic E-state index is 0.0484. The summed E-state index contributed by atoms with van der Waals surface area (Å²) in [5, 5.41) is 3.11. The van der Waals surface area contributed by atoms with Gasteiger partial charge in [0, 0.05) is 19.1 Å². The lowest BCUT2D eigenvalue weighted by Gasteiger charge is -2.32. The Bertz CT molecular complexity index is 664. The van der Waals surface area contributed by atoms with Gasteiger partial charge in [-0.05, 0) is 25.7 Å². The molecule has 7 nitrogen and oxygen atoms in total. The Balaban J connectivity index is 1.54. The Hall–Kier alpha value is -2.18. The van der Waals surface area contributed by atoms with Crippen molar-refractivity contribution in [2.24, 2.45) is 5.92 Å². The Morgan fingerprint density at radius 1 is 1.29 bits per heavy atom. The summed E-state index contributed by atoms with van der Waals surface area (Å²) in [6, 6.07) is 0.422. The van der Waals surface area contributed by atoms with Crippen LogP contribution in [-0.4, -0.2) is 45.0 Å². The highest BCUT2D eigenvalue weighted by atomic mass is 16.2. The summed E-state index contributed by atoms with van der Waals surface area (Å²) in [4.78, 5) is 30.2. The Labute approximate surface area is 122 Å². The van der Waals surface area contributed by atoms with Crippen molar-refractivity contribution >= 4 is 22.9 Å². The number of fused-ring (bicyclic) bond motifs is 1. The van der Waals surface area contributed by atoms with Gasteiger partial charge in [-0.2, -0.15) is 0 Å². The first-order valence-corrected chi connectivity index (χ1v) is 7.50. The van der Waals surface area contributed by atoms with Crippen molar-refractivity contribution in [2.75, 3.05) is 18.0 Å². The molecule has 0 bridgehead atoms. The molecule has 2 aromatic rings. The molecule has 21 heavy (non-hydrogen) atoms. The Kier molecular flexibility index (Phi) is 2.98. The zero-order chi connectivity index (χ0) is 14.2. The van der Waals surface area contributed by atoms with E-state index in [1.54, 1.807) is 6.33 Å². The molecule has 4 rings (SSSR count). The van der Waals surface area contributed by atoms with Crippen molar-refractivity contribution in [1.29, 1.82) is 0 Å². The zero-order valence-corrected chi connectivity index (χ0v) is 11.7. The third-order valence-electron chi connectivity index (χ3n) is 4.22. The number of carbonyl (C=O) groups is 1. The molecule has 1 amide bonds. The van der Waals surface area contributed by atoms with E-state index in [4.69, 9.17) is 0 Å². The second-order valence-electron chi connectivity index (χ2n) is 5.87. The van der Waals surface area contributed by atoms with Crippen LogP contribution in [0.25, 0.3) is 11.2 Å². The lowest BCUT2D eigenvalue weighted by atomic mass is 9.97. The van der Waals surface area contributed by atoms with Crippen LogP contribution >= 0.6 is 0 Å². The van der Waals surface area contributed by atoms with Crippen LogP contribution in [0.15, 0.2) is 12.7 Å². The SMILES string of the molecule is O=C(NC1CC1)[C@@H]1CCCN(c2ncnc3nc[nH]c23)C1. The number of nitrogens with one attached hydrogen (secondary N) is 2. The molecule has 1 aliphatic carbocycles. The smallest absolute Gasteiger partial charge is 0.225 e. The monoisotopic (exact) mass is 286 g/mol. The molecule has 0 aromatic carbocycles. The van der Waals surface area contributed by atoms with E-state index in [2.05, 4.69) is 30.2 Å². The number of H-pyrrole nitrogens is 1. The fourth-order valence-corrected chi connectivity index (χ4v) is 2.92. The van der Waals surface area contributed by atoms with E-state index in [9.17, 15) is 4.79 Å². The summed E-state index contributed by atoms with van der Waals surface area (Å²) in [6.45, 7) is 1.63. The third kappa shape index (κ3) is 2.43. The fourth-order valence-electron chi connectivity index (χ4n) is 2.92.